The van der Waals surface area contributed by atoms with Crippen molar-refractivity contribution >= 4 is 27.5 Å². The molecular formula is C24H27N3O7S. The molecule has 2 amide bonds. The van der Waals surface area contributed by atoms with Gasteiger partial charge in [0, 0.05) is 25.8 Å². The molecule has 0 bridgehead atoms. The molecule has 2 aromatic carbocycles. The number of rotatable bonds is 7. The SMILES string of the molecule is CCC(=O)N1CC(C(=O)NO)N(S(=O)(=O)c2ccc(OCC#CCOC)cc2)Cc2ccccc21. The maximum absolute atomic E-state index is 13.7. The highest BCUT2D eigenvalue weighted by atomic mass is 32.2. The summed E-state index contributed by atoms with van der Waals surface area (Å²) >= 11 is 0. The number of nitrogens with zero attached hydrogens (tertiary/aromatic N) is 2. The topological polar surface area (TPSA) is 125 Å². The Hall–Kier alpha value is -3.43. The van der Waals surface area contributed by atoms with Crippen molar-refractivity contribution < 1.29 is 32.7 Å². The van der Waals surface area contributed by atoms with Crippen LogP contribution in [0.15, 0.2) is 53.4 Å². The molecule has 186 valence electrons. The van der Waals surface area contributed by atoms with Crippen LogP contribution in [0.3, 0.4) is 0 Å². The normalized spacial score (nSPS) is 15.9. The Morgan fingerprint density at radius 2 is 1.80 bits per heavy atom. The molecular weight excluding hydrogens is 474 g/mol. The lowest BCUT2D eigenvalue weighted by atomic mass is 10.1. The van der Waals surface area contributed by atoms with Crippen molar-refractivity contribution in [3.63, 3.8) is 0 Å². The van der Waals surface area contributed by atoms with Crippen LogP contribution >= 0.6 is 0 Å². The van der Waals surface area contributed by atoms with E-state index in [9.17, 15) is 23.2 Å². The van der Waals surface area contributed by atoms with Crippen LogP contribution in [-0.2, 0) is 30.9 Å². The van der Waals surface area contributed by atoms with E-state index in [1.165, 1.54) is 36.3 Å². The summed E-state index contributed by atoms with van der Waals surface area (Å²) < 4.78 is 38.6. The highest BCUT2D eigenvalue weighted by Gasteiger charge is 2.41. The zero-order valence-corrected chi connectivity index (χ0v) is 20.2. The zero-order valence-electron chi connectivity index (χ0n) is 19.4. The Kier molecular flexibility index (Phi) is 8.84. The lowest BCUT2D eigenvalue weighted by molar-refractivity contribution is -0.133. The van der Waals surface area contributed by atoms with Gasteiger partial charge in [-0.3, -0.25) is 14.8 Å². The number of sulfonamides is 1. The molecule has 1 unspecified atom stereocenters. The molecule has 0 aliphatic carbocycles. The molecule has 0 saturated carbocycles. The number of methoxy groups -OCH3 is 1. The summed E-state index contributed by atoms with van der Waals surface area (Å²) in [5, 5.41) is 9.34. The maximum Gasteiger partial charge on any atom is 0.263 e. The first-order chi connectivity index (χ1) is 16.8. The van der Waals surface area contributed by atoms with E-state index >= 15 is 0 Å². The number of carbonyl (C=O) groups is 2. The first-order valence-electron chi connectivity index (χ1n) is 10.8. The lowest BCUT2D eigenvalue weighted by Gasteiger charge is -2.29. The summed E-state index contributed by atoms with van der Waals surface area (Å²) in [5.41, 5.74) is 2.62. The molecule has 0 spiro atoms. The number of hydrogen-bond acceptors (Lipinski definition) is 7. The molecule has 1 aliphatic heterocycles. The second-order valence-electron chi connectivity index (χ2n) is 7.58. The van der Waals surface area contributed by atoms with Crippen LogP contribution in [0, 0.1) is 11.8 Å². The monoisotopic (exact) mass is 501 g/mol. The quantitative estimate of drug-likeness (QED) is 0.335. The van der Waals surface area contributed by atoms with Crippen molar-refractivity contribution in [2.75, 3.05) is 31.8 Å². The number of anilines is 1. The van der Waals surface area contributed by atoms with Gasteiger partial charge in [-0.15, -0.1) is 0 Å². The molecule has 1 aliphatic rings. The van der Waals surface area contributed by atoms with Crippen molar-refractivity contribution in [2.24, 2.45) is 0 Å². The predicted octanol–water partition coefficient (Wildman–Crippen LogP) is 1.54. The summed E-state index contributed by atoms with van der Waals surface area (Å²) in [6.45, 7) is 1.65. The van der Waals surface area contributed by atoms with E-state index in [1.54, 1.807) is 36.7 Å². The van der Waals surface area contributed by atoms with Crippen LogP contribution in [0.2, 0.25) is 0 Å². The third-order valence-electron chi connectivity index (χ3n) is 5.41. The number of carbonyl (C=O) groups excluding carboxylic acids is 2. The molecule has 0 radical (unpaired) electrons. The van der Waals surface area contributed by atoms with Crippen LogP contribution in [0.25, 0.3) is 0 Å². The highest BCUT2D eigenvalue weighted by molar-refractivity contribution is 7.89. The minimum Gasteiger partial charge on any atom is -0.481 e. The minimum absolute atomic E-state index is 0.0705. The first kappa shape index (κ1) is 26.2. The fraction of sp³-hybridized carbons (Fsp3) is 0.333. The average molecular weight is 502 g/mol. The zero-order chi connectivity index (χ0) is 25.4. The molecule has 1 atom stereocenters. The second-order valence-corrected chi connectivity index (χ2v) is 9.47. The summed E-state index contributed by atoms with van der Waals surface area (Å²) in [6.07, 6.45) is 0.159. The Morgan fingerprint density at radius 3 is 2.46 bits per heavy atom. The minimum atomic E-state index is -4.21. The summed E-state index contributed by atoms with van der Waals surface area (Å²) in [7, 11) is -2.68. The number of fused-ring (bicyclic) bond motifs is 1. The van der Waals surface area contributed by atoms with Gasteiger partial charge in [-0.1, -0.05) is 37.0 Å². The Bertz CT molecular complexity index is 1220. The van der Waals surface area contributed by atoms with E-state index < -0.39 is 22.0 Å². The van der Waals surface area contributed by atoms with E-state index in [4.69, 9.17) is 9.47 Å². The number of hydrogen-bond donors (Lipinski definition) is 2. The summed E-state index contributed by atoms with van der Waals surface area (Å²) in [6, 6.07) is 11.2. The molecule has 0 fully saturated rings. The standard InChI is InChI=1S/C24H27N3O7S/c1-3-23(28)26-17-22(24(29)25-30)27(16-18-8-4-5-9-21(18)26)35(31,32)20-12-10-19(11-13-20)34-15-7-6-14-33-2/h4-5,8-13,22,30H,3,14-17H2,1-2H3,(H,25,29). The fourth-order valence-corrected chi connectivity index (χ4v) is 5.21. The number of ether oxygens (including phenoxy) is 2. The Labute approximate surface area is 204 Å². The van der Waals surface area contributed by atoms with Gasteiger partial charge in [-0.25, -0.2) is 13.9 Å². The van der Waals surface area contributed by atoms with Crippen molar-refractivity contribution in [2.45, 2.75) is 30.8 Å². The molecule has 3 rings (SSSR count). The van der Waals surface area contributed by atoms with E-state index in [-0.39, 0.29) is 43.5 Å². The van der Waals surface area contributed by atoms with Gasteiger partial charge >= 0.3 is 0 Å². The van der Waals surface area contributed by atoms with Crippen LogP contribution in [0.5, 0.6) is 5.75 Å². The van der Waals surface area contributed by atoms with Gasteiger partial charge in [0.1, 0.15) is 25.0 Å². The van der Waals surface area contributed by atoms with E-state index in [0.29, 0.717) is 17.0 Å². The number of para-hydroxylation sites is 1. The van der Waals surface area contributed by atoms with Crippen LogP contribution < -0.4 is 15.1 Å². The van der Waals surface area contributed by atoms with Gasteiger partial charge in [0.05, 0.1) is 11.4 Å². The van der Waals surface area contributed by atoms with Crippen molar-refractivity contribution in [3.8, 4) is 17.6 Å². The Balaban J connectivity index is 1.95. The summed E-state index contributed by atoms with van der Waals surface area (Å²) in [4.78, 5) is 26.6. The van der Waals surface area contributed by atoms with Crippen molar-refractivity contribution in [1.82, 2.24) is 9.79 Å². The molecule has 0 saturated heterocycles. The lowest BCUT2D eigenvalue weighted by Crippen LogP contribution is -2.53. The van der Waals surface area contributed by atoms with Gasteiger partial charge in [-0.05, 0) is 35.9 Å². The maximum atomic E-state index is 13.7. The van der Waals surface area contributed by atoms with Gasteiger partial charge < -0.3 is 14.4 Å². The largest absolute Gasteiger partial charge is 0.481 e. The average Bonchev–Trinajstić information content (AvgIpc) is 3.06. The van der Waals surface area contributed by atoms with Gasteiger partial charge in [0.25, 0.3) is 5.91 Å². The third kappa shape index (κ3) is 5.98. The van der Waals surface area contributed by atoms with E-state index in [1.807, 2.05) is 0 Å². The fourth-order valence-electron chi connectivity index (χ4n) is 3.65. The summed E-state index contributed by atoms with van der Waals surface area (Å²) in [5.74, 6) is 4.72. The van der Waals surface area contributed by atoms with Gasteiger partial charge in [0.15, 0.2) is 0 Å². The molecule has 2 aromatic rings. The van der Waals surface area contributed by atoms with Gasteiger partial charge in [-0.2, -0.15) is 4.31 Å². The predicted molar refractivity (Wildman–Crippen MR) is 127 cm³/mol. The Morgan fingerprint density at radius 1 is 1.11 bits per heavy atom. The smallest absolute Gasteiger partial charge is 0.263 e. The first-order valence-corrected chi connectivity index (χ1v) is 12.3. The van der Waals surface area contributed by atoms with Crippen molar-refractivity contribution in [3.05, 3.63) is 54.1 Å². The molecule has 10 nitrogen and oxygen atoms in total. The number of benzene rings is 2. The molecule has 1 heterocycles. The number of hydroxylamine groups is 1. The molecule has 11 heteroatoms. The van der Waals surface area contributed by atoms with Crippen molar-refractivity contribution in [1.29, 1.82) is 0 Å². The molecule has 2 N–H and O–H groups in total. The molecule has 0 aromatic heterocycles. The van der Waals surface area contributed by atoms with Gasteiger partial charge in [0.2, 0.25) is 15.9 Å². The molecule has 35 heavy (non-hydrogen) atoms. The second kappa shape index (κ2) is 11.8. The number of nitrogens with one attached hydrogen (secondary N) is 1. The highest BCUT2D eigenvalue weighted by Crippen LogP contribution is 2.32. The van der Waals surface area contributed by atoms with Crippen LogP contribution in [0.4, 0.5) is 5.69 Å². The van der Waals surface area contributed by atoms with Crippen LogP contribution in [-0.4, -0.2) is 62.7 Å². The van der Waals surface area contributed by atoms with Crippen LogP contribution in [0.1, 0.15) is 18.9 Å². The van der Waals surface area contributed by atoms with E-state index in [0.717, 1.165) is 4.31 Å². The van der Waals surface area contributed by atoms with E-state index in [2.05, 4.69) is 11.8 Å². The third-order valence-corrected chi connectivity index (χ3v) is 7.28. The number of amides is 2.